The lowest BCUT2D eigenvalue weighted by atomic mass is 9.99. The average molecular weight is 268 g/mol. The highest BCUT2D eigenvalue weighted by Gasteiger charge is 2.26. The van der Waals surface area contributed by atoms with E-state index in [1.54, 1.807) is 14.0 Å². The van der Waals surface area contributed by atoms with Gasteiger partial charge < -0.3 is 20.5 Å². The molecule has 1 unspecified atom stereocenters. The molecule has 0 amide bonds. The fourth-order valence-corrected chi connectivity index (χ4v) is 1.44. The Morgan fingerprint density at radius 1 is 1.37 bits per heavy atom. The molecule has 0 aromatic carbocycles. The SMILES string of the molecule is CCCNc1ncnc(NC(C)(C)C(C)O)c1OC. The van der Waals surface area contributed by atoms with Crippen molar-refractivity contribution >= 4 is 11.6 Å². The Kier molecular flexibility index (Phi) is 5.35. The minimum atomic E-state index is -0.528. The molecule has 0 spiro atoms. The molecule has 0 radical (unpaired) electrons. The molecule has 0 bridgehead atoms. The van der Waals surface area contributed by atoms with Crippen molar-refractivity contribution in [2.75, 3.05) is 24.3 Å². The Balaban J connectivity index is 3.00. The van der Waals surface area contributed by atoms with Gasteiger partial charge in [-0.1, -0.05) is 6.92 Å². The number of aromatic nitrogens is 2. The van der Waals surface area contributed by atoms with Gasteiger partial charge in [-0.05, 0) is 27.2 Å². The number of anilines is 2. The van der Waals surface area contributed by atoms with Crippen LogP contribution >= 0.6 is 0 Å². The van der Waals surface area contributed by atoms with Crippen molar-refractivity contribution in [1.29, 1.82) is 0 Å². The van der Waals surface area contributed by atoms with Gasteiger partial charge in [0.05, 0.1) is 18.8 Å². The van der Waals surface area contributed by atoms with E-state index in [2.05, 4.69) is 27.5 Å². The molecule has 1 aromatic rings. The van der Waals surface area contributed by atoms with Crippen LogP contribution in [0.3, 0.4) is 0 Å². The van der Waals surface area contributed by atoms with Gasteiger partial charge in [-0.2, -0.15) is 0 Å². The number of hydrogen-bond donors (Lipinski definition) is 3. The molecule has 1 atom stereocenters. The first-order valence-electron chi connectivity index (χ1n) is 6.51. The van der Waals surface area contributed by atoms with E-state index in [1.165, 1.54) is 6.33 Å². The summed E-state index contributed by atoms with van der Waals surface area (Å²) in [5.41, 5.74) is -0.510. The second-order valence-corrected chi connectivity index (χ2v) is 5.05. The summed E-state index contributed by atoms with van der Waals surface area (Å²) in [7, 11) is 1.58. The average Bonchev–Trinajstić information content (AvgIpc) is 2.35. The number of methoxy groups -OCH3 is 1. The first-order chi connectivity index (χ1) is 8.92. The van der Waals surface area contributed by atoms with Gasteiger partial charge in [-0.3, -0.25) is 0 Å². The highest BCUT2D eigenvalue weighted by molar-refractivity contribution is 5.64. The Morgan fingerprint density at radius 2 is 2.00 bits per heavy atom. The van der Waals surface area contributed by atoms with Crippen LogP contribution in [0.2, 0.25) is 0 Å². The zero-order chi connectivity index (χ0) is 14.5. The van der Waals surface area contributed by atoms with Crippen LogP contribution in [0.1, 0.15) is 34.1 Å². The van der Waals surface area contributed by atoms with E-state index in [1.807, 2.05) is 13.8 Å². The lowest BCUT2D eigenvalue weighted by molar-refractivity contribution is 0.132. The molecule has 6 heteroatoms. The van der Waals surface area contributed by atoms with Gasteiger partial charge in [0.2, 0.25) is 5.75 Å². The van der Waals surface area contributed by atoms with Gasteiger partial charge in [0.1, 0.15) is 6.33 Å². The standard InChI is InChI=1S/C13H24N4O2/c1-6-7-14-11-10(19-5)12(16-8-15-11)17-13(3,4)9(2)18/h8-9,18H,6-7H2,1-5H3,(H2,14,15,16,17). The maximum absolute atomic E-state index is 9.75. The summed E-state index contributed by atoms with van der Waals surface area (Å²) < 4.78 is 5.37. The van der Waals surface area contributed by atoms with Crippen LogP contribution in [-0.4, -0.2) is 40.4 Å². The predicted octanol–water partition coefficient (Wildman–Crippen LogP) is 1.88. The maximum atomic E-state index is 9.75. The van der Waals surface area contributed by atoms with E-state index in [9.17, 15) is 5.11 Å². The van der Waals surface area contributed by atoms with Crippen LogP contribution < -0.4 is 15.4 Å². The third-order valence-corrected chi connectivity index (χ3v) is 3.04. The minimum Gasteiger partial charge on any atom is -0.490 e. The van der Waals surface area contributed by atoms with Crippen molar-refractivity contribution in [2.24, 2.45) is 0 Å². The first-order valence-corrected chi connectivity index (χ1v) is 6.51. The smallest absolute Gasteiger partial charge is 0.204 e. The number of nitrogens with zero attached hydrogens (tertiary/aromatic N) is 2. The topological polar surface area (TPSA) is 79.3 Å². The molecule has 1 rings (SSSR count). The number of aliphatic hydroxyl groups is 1. The lowest BCUT2D eigenvalue weighted by Crippen LogP contribution is -2.42. The lowest BCUT2D eigenvalue weighted by Gasteiger charge is -2.30. The summed E-state index contributed by atoms with van der Waals surface area (Å²) in [5, 5.41) is 16.1. The molecule has 0 aliphatic rings. The highest BCUT2D eigenvalue weighted by atomic mass is 16.5. The second-order valence-electron chi connectivity index (χ2n) is 5.05. The molecular weight excluding hydrogens is 244 g/mol. The predicted molar refractivity (Wildman–Crippen MR) is 76.7 cm³/mol. The van der Waals surface area contributed by atoms with Crippen molar-refractivity contribution in [3.05, 3.63) is 6.33 Å². The zero-order valence-corrected chi connectivity index (χ0v) is 12.3. The van der Waals surface area contributed by atoms with Crippen molar-refractivity contribution in [1.82, 2.24) is 9.97 Å². The van der Waals surface area contributed by atoms with E-state index in [-0.39, 0.29) is 0 Å². The summed E-state index contributed by atoms with van der Waals surface area (Å²) in [6.07, 6.45) is 1.94. The first kappa shape index (κ1) is 15.5. The molecule has 0 aliphatic carbocycles. The number of rotatable bonds is 7. The van der Waals surface area contributed by atoms with Gasteiger partial charge in [-0.25, -0.2) is 9.97 Å². The normalized spacial score (nSPS) is 12.9. The highest BCUT2D eigenvalue weighted by Crippen LogP contribution is 2.31. The zero-order valence-electron chi connectivity index (χ0n) is 12.3. The summed E-state index contributed by atoms with van der Waals surface area (Å²) >= 11 is 0. The molecule has 1 heterocycles. The van der Waals surface area contributed by atoms with E-state index >= 15 is 0 Å². The number of nitrogens with one attached hydrogen (secondary N) is 2. The molecule has 0 fully saturated rings. The quantitative estimate of drug-likeness (QED) is 0.700. The van der Waals surface area contributed by atoms with E-state index < -0.39 is 11.6 Å². The minimum absolute atomic E-state index is 0.510. The molecule has 3 N–H and O–H groups in total. The van der Waals surface area contributed by atoms with Crippen LogP contribution in [0.4, 0.5) is 11.6 Å². The van der Waals surface area contributed by atoms with Crippen LogP contribution in [-0.2, 0) is 0 Å². The Bertz CT molecular complexity index is 408. The fourth-order valence-electron chi connectivity index (χ4n) is 1.44. The van der Waals surface area contributed by atoms with Crippen LogP contribution in [0.5, 0.6) is 5.75 Å². The van der Waals surface area contributed by atoms with Crippen molar-refractivity contribution in [3.8, 4) is 5.75 Å². The third-order valence-electron chi connectivity index (χ3n) is 3.04. The largest absolute Gasteiger partial charge is 0.490 e. The molecular formula is C13H24N4O2. The van der Waals surface area contributed by atoms with Gasteiger partial charge in [0.25, 0.3) is 0 Å². The van der Waals surface area contributed by atoms with Crippen LogP contribution in [0.15, 0.2) is 6.33 Å². The van der Waals surface area contributed by atoms with Crippen molar-refractivity contribution < 1.29 is 9.84 Å². The summed E-state index contributed by atoms with van der Waals surface area (Å²) in [5.74, 6) is 1.79. The summed E-state index contributed by atoms with van der Waals surface area (Å²) in [6.45, 7) is 8.43. The third kappa shape index (κ3) is 3.96. The van der Waals surface area contributed by atoms with E-state index in [0.717, 1.165) is 13.0 Å². The fraction of sp³-hybridized carbons (Fsp3) is 0.692. The Labute approximate surface area is 114 Å². The molecule has 1 aromatic heterocycles. The Morgan fingerprint density at radius 3 is 2.53 bits per heavy atom. The number of ether oxygens (including phenoxy) is 1. The summed E-state index contributed by atoms with van der Waals surface area (Å²) in [4.78, 5) is 8.36. The van der Waals surface area contributed by atoms with Gasteiger partial charge in [0.15, 0.2) is 11.6 Å². The number of hydrogen-bond acceptors (Lipinski definition) is 6. The molecule has 0 saturated carbocycles. The Hall–Kier alpha value is -1.56. The molecule has 0 aliphatic heterocycles. The van der Waals surface area contributed by atoms with Gasteiger partial charge in [-0.15, -0.1) is 0 Å². The van der Waals surface area contributed by atoms with Crippen molar-refractivity contribution in [2.45, 2.75) is 45.8 Å². The monoisotopic (exact) mass is 268 g/mol. The molecule has 19 heavy (non-hydrogen) atoms. The summed E-state index contributed by atoms with van der Waals surface area (Å²) in [6, 6.07) is 0. The van der Waals surface area contributed by atoms with Gasteiger partial charge in [0, 0.05) is 6.54 Å². The molecule has 6 nitrogen and oxygen atoms in total. The maximum Gasteiger partial charge on any atom is 0.204 e. The van der Waals surface area contributed by atoms with Crippen LogP contribution in [0.25, 0.3) is 0 Å². The van der Waals surface area contributed by atoms with E-state index in [0.29, 0.717) is 17.4 Å². The number of aliphatic hydroxyl groups excluding tert-OH is 1. The van der Waals surface area contributed by atoms with E-state index in [4.69, 9.17) is 4.74 Å². The molecule has 108 valence electrons. The molecule has 0 saturated heterocycles. The van der Waals surface area contributed by atoms with Crippen LogP contribution in [0, 0.1) is 0 Å². The van der Waals surface area contributed by atoms with Crippen molar-refractivity contribution in [3.63, 3.8) is 0 Å². The second kappa shape index (κ2) is 6.56. The van der Waals surface area contributed by atoms with Gasteiger partial charge >= 0.3 is 0 Å².